The highest BCUT2D eigenvalue weighted by Gasteiger charge is 2.27. The third-order valence-electron chi connectivity index (χ3n) is 7.00. The minimum Gasteiger partial charge on any atom is -0.354 e. The first-order valence-corrected chi connectivity index (χ1v) is 12.9. The number of amides is 1. The third-order valence-corrected chi connectivity index (χ3v) is 8.14. The Morgan fingerprint density at radius 2 is 1.80 bits per heavy atom. The minimum atomic E-state index is -0.526. The van der Waals surface area contributed by atoms with Gasteiger partial charge in [0.15, 0.2) is 17.3 Å². The van der Waals surface area contributed by atoms with E-state index < -0.39 is 17.2 Å². The number of halogens is 1. The number of aromatic nitrogens is 2. The molecule has 6 rings (SSSR count). The lowest BCUT2D eigenvalue weighted by Gasteiger charge is -2.32. The number of nitrogens with one attached hydrogen (secondary N) is 1. The first-order valence-electron chi connectivity index (χ1n) is 12.1. The number of nitrogens with zero attached hydrogens (tertiary/aromatic N) is 5. The van der Waals surface area contributed by atoms with Crippen LogP contribution in [0.3, 0.4) is 0 Å². The molecule has 10 heteroatoms. The monoisotopic (exact) mass is 494 g/mol. The van der Waals surface area contributed by atoms with Crippen molar-refractivity contribution < 1.29 is 9.18 Å². The number of thiazole rings is 1. The van der Waals surface area contributed by atoms with E-state index in [0.29, 0.717) is 23.6 Å². The van der Waals surface area contributed by atoms with Gasteiger partial charge in [0, 0.05) is 39.3 Å². The fourth-order valence-corrected chi connectivity index (χ4v) is 6.23. The molecule has 0 bridgehead atoms. The van der Waals surface area contributed by atoms with Gasteiger partial charge in [0.25, 0.3) is 5.91 Å². The van der Waals surface area contributed by atoms with Crippen molar-refractivity contribution in [2.75, 3.05) is 51.2 Å². The predicted octanol–water partition coefficient (Wildman–Crippen LogP) is 3.08. The van der Waals surface area contributed by atoms with Gasteiger partial charge in [-0.1, -0.05) is 12.1 Å². The van der Waals surface area contributed by atoms with Crippen LogP contribution in [-0.2, 0) is 0 Å². The molecule has 4 aromatic rings. The van der Waals surface area contributed by atoms with E-state index in [-0.39, 0.29) is 16.8 Å². The van der Waals surface area contributed by atoms with E-state index in [1.807, 2.05) is 45.6 Å². The highest BCUT2D eigenvalue weighted by molar-refractivity contribution is 7.24. The second-order valence-electron chi connectivity index (χ2n) is 9.36. The summed E-state index contributed by atoms with van der Waals surface area (Å²) in [5, 5.41) is 1.96. The number of anilines is 1. The molecule has 5 heterocycles. The number of piperazine rings is 1. The standard InChI is InChI=1S/C25H27FN6O2S/c1-29-11-13-31(14-12-29)28-24(34)20-21(33)16-15-17(26)23(30-9-5-2-6-10-30)27-22(16)32-18-7-3-4-8-19(18)35-25(20)32/h3-4,7-8,15H,2,5-6,9-14H2,1H3,(H,28,34). The number of hydrazine groups is 1. The molecule has 8 nitrogen and oxygen atoms in total. The molecule has 1 amide bonds. The Hall–Kier alpha value is -3.08. The Morgan fingerprint density at radius 1 is 1.06 bits per heavy atom. The summed E-state index contributed by atoms with van der Waals surface area (Å²) in [6.07, 6.45) is 3.10. The van der Waals surface area contributed by atoms with Gasteiger partial charge in [-0.05, 0) is 44.5 Å². The van der Waals surface area contributed by atoms with Crippen LogP contribution >= 0.6 is 11.3 Å². The van der Waals surface area contributed by atoms with Crippen LogP contribution in [0.4, 0.5) is 10.2 Å². The fraction of sp³-hybridized carbons (Fsp3) is 0.400. The normalized spacial score (nSPS) is 18.1. The molecule has 3 aromatic heterocycles. The zero-order valence-corrected chi connectivity index (χ0v) is 20.4. The maximum atomic E-state index is 15.3. The quantitative estimate of drug-likeness (QED) is 0.472. The van der Waals surface area contributed by atoms with Crippen LogP contribution < -0.4 is 15.8 Å². The van der Waals surface area contributed by atoms with Crippen LogP contribution in [0, 0.1) is 5.82 Å². The van der Waals surface area contributed by atoms with Crippen molar-refractivity contribution >= 4 is 49.1 Å². The van der Waals surface area contributed by atoms with Crippen molar-refractivity contribution in [3.8, 4) is 0 Å². The summed E-state index contributed by atoms with van der Waals surface area (Å²) in [5.41, 5.74) is 3.69. The average Bonchev–Trinajstić information content (AvgIpc) is 3.25. The Bertz CT molecular complexity index is 1500. The van der Waals surface area contributed by atoms with Gasteiger partial charge in [-0.15, -0.1) is 11.3 Å². The topological polar surface area (TPSA) is 73.2 Å². The number of piperidine rings is 1. The number of pyridine rings is 2. The molecule has 182 valence electrons. The van der Waals surface area contributed by atoms with Gasteiger partial charge in [0.1, 0.15) is 10.4 Å². The summed E-state index contributed by atoms with van der Waals surface area (Å²) in [6, 6.07) is 9.00. The molecule has 0 unspecified atom stereocenters. The van der Waals surface area contributed by atoms with Crippen LogP contribution in [0.2, 0.25) is 0 Å². The van der Waals surface area contributed by atoms with Gasteiger partial charge in [0.2, 0.25) is 5.43 Å². The first-order chi connectivity index (χ1) is 17.0. The van der Waals surface area contributed by atoms with Crippen LogP contribution in [0.25, 0.3) is 26.1 Å². The number of fused-ring (bicyclic) bond motifs is 5. The summed E-state index contributed by atoms with van der Waals surface area (Å²) >= 11 is 1.38. The van der Waals surface area contributed by atoms with Crippen molar-refractivity contribution in [3.05, 3.63) is 51.9 Å². The van der Waals surface area contributed by atoms with E-state index >= 15 is 4.39 Å². The number of hydrogen-bond donors (Lipinski definition) is 1. The fourth-order valence-electron chi connectivity index (χ4n) is 5.05. The summed E-state index contributed by atoms with van der Waals surface area (Å²) in [6.45, 7) is 4.46. The maximum Gasteiger partial charge on any atom is 0.272 e. The zero-order valence-electron chi connectivity index (χ0n) is 19.6. The Morgan fingerprint density at radius 3 is 2.57 bits per heavy atom. The van der Waals surface area contributed by atoms with E-state index in [0.717, 1.165) is 55.7 Å². The van der Waals surface area contributed by atoms with E-state index in [4.69, 9.17) is 4.98 Å². The van der Waals surface area contributed by atoms with Crippen molar-refractivity contribution in [1.82, 2.24) is 24.7 Å². The number of benzene rings is 1. The largest absolute Gasteiger partial charge is 0.354 e. The summed E-state index contributed by atoms with van der Waals surface area (Å²) in [7, 11) is 2.04. The zero-order chi connectivity index (χ0) is 24.1. The lowest BCUT2D eigenvalue weighted by atomic mass is 10.1. The predicted molar refractivity (Wildman–Crippen MR) is 137 cm³/mol. The van der Waals surface area contributed by atoms with Gasteiger partial charge < -0.3 is 9.80 Å². The number of hydrogen-bond acceptors (Lipinski definition) is 7. The number of likely N-dealkylation sites (N-methyl/N-ethyl adjacent to an activating group) is 1. The highest BCUT2D eigenvalue weighted by Crippen LogP contribution is 2.32. The highest BCUT2D eigenvalue weighted by atomic mass is 32.1. The van der Waals surface area contributed by atoms with Crippen molar-refractivity contribution in [1.29, 1.82) is 0 Å². The number of carbonyl (C=O) groups excluding carboxylic acids is 1. The van der Waals surface area contributed by atoms with Gasteiger partial charge >= 0.3 is 0 Å². The van der Waals surface area contributed by atoms with Crippen molar-refractivity contribution in [2.45, 2.75) is 19.3 Å². The molecular weight excluding hydrogens is 467 g/mol. The number of rotatable bonds is 3. The van der Waals surface area contributed by atoms with Gasteiger partial charge in [-0.25, -0.2) is 14.4 Å². The molecule has 0 atom stereocenters. The molecule has 1 aromatic carbocycles. The smallest absolute Gasteiger partial charge is 0.272 e. The number of carbonyl (C=O) groups is 1. The minimum absolute atomic E-state index is 0.0320. The van der Waals surface area contributed by atoms with Crippen molar-refractivity contribution in [3.63, 3.8) is 0 Å². The molecule has 2 aliphatic heterocycles. The molecule has 0 saturated carbocycles. The summed E-state index contributed by atoms with van der Waals surface area (Å²) < 4.78 is 18.1. The average molecular weight is 495 g/mol. The first kappa shape index (κ1) is 22.4. The molecule has 35 heavy (non-hydrogen) atoms. The Kier molecular flexibility index (Phi) is 5.66. The third kappa shape index (κ3) is 3.85. The summed E-state index contributed by atoms with van der Waals surface area (Å²) in [4.78, 5) is 36.5. The van der Waals surface area contributed by atoms with Crippen LogP contribution in [0.1, 0.15) is 29.6 Å². The maximum absolute atomic E-state index is 15.3. The molecule has 2 saturated heterocycles. The van der Waals surface area contributed by atoms with Gasteiger partial charge in [-0.3, -0.25) is 19.4 Å². The van der Waals surface area contributed by atoms with Crippen LogP contribution in [-0.4, -0.2) is 71.5 Å². The Balaban J connectivity index is 1.56. The van der Waals surface area contributed by atoms with E-state index in [2.05, 4.69) is 10.3 Å². The molecule has 0 radical (unpaired) electrons. The van der Waals surface area contributed by atoms with Crippen molar-refractivity contribution in [2.24, 2.45) is 0 Å². The molecule has 2 fully saturated rings. The van der Waals surface area contributed by atoms with Gasteiger partial charge in [-0.2, -0.15) is 0 Å². The molecule has 2 aliphatic rings. The SMILES string of the molecule is CN1CCN(NC(=O)c2c(=O)c3cc(F)c(N4CCCCC4)nc3n3c2sc2ccccc23)CC1. The lowest BCUT2D eigenvalue weighted by Crippen LogP contribution is -2.53. The lowest BCUT2D eigenvalue weighted by molar-refractivity contribution is 0.0663. The molecule has 0 aliphatic carbocycles. The van der Waals surface area contributed by atoms with Crippen LogP contribution in [0.5, 0.6) is 0 Å². The van der Waals surface area contributed by atoms with Crippen LogP contribution in [0.15, 0.2) is 35.1 Å². The molecule has 1 N–H and O–H groups in total. The van der Waals surface area contributed by atoms with E-state index in [1.54, 1.807) is 0 Å². The molecular formula is C25H27FN6O2S. The van der Waals surface area contributed by atoms with Gasteiger partial charge in [0.05, 0.1) is 15.6 Å². The summed E-state index contributed by atoms with van der Waals surface area (Å²) in [5.74, 6) is -0.720. The second-order valence-corrected chi connectivity index (χ2v) is 10.4. The Labute approximate surface area is 205 Å². The molecule has 0 spiro atoms. The van der Waals surface area contributed by atoms with E-state index in [1.165, 1.54) is 17.4 Å². The number of para-hydroxylation sites is 1. The second kappa shape index (κ2) is 8.85. The van der Waals surface area contributed by atoms with E-state index in [9.17, 15) is 9.59 Å².